The summed E-state index contributed by atoms with van der Waals surface area (Å²) in [5.41, 5.74) is 1.95. The topological polar surface area (TPSA) is 81.7 Å². The van der Waals surface area contributed by atoms with Gasteiger partial charge in [-0.3, -0.25) is 9.69 Å². The van der Waals surface area contributed by atoms with E-state index in [-0.39, 0.29) is 16.6 Å². The molecule has 0 aromatic heterocycles. The van der Waals surface area contributed by atoms with Crippen LogP contribution in [-0.2, 0) is 21.2 Å². The Morgan fingerprint density at radius 2 is 1.65 bits per heavy atom. The van der Waals surface area contributed by atoms with Gasteiger partial charge in [0.15, 0.2) is 0 Å². The summed E-state index contributed by atoms with van der Waals surface area (Å²) in [5.74, 6) is -0.242. The number of hydrogen-bond acceptors (Lipinski definition) is 5. The second-order valence-electron chi connectivity index (χ2n) is 7.51. The highest BCUT2D eigenvalue weighted by Crippen LogP contribution is 2.16. The van der Waals surface area contributed by atoms with E-state index in [9.17, 15) is 17.6 Å². The largest absolute Gasteiger partial charge is 0.369 e. The van der Waals surface area contributed by atoms with Crippen molar-refractivity contribution in [3.05, 3.63) is 59.9 Å². The molecule has 1 fully saturated rings. The van der Waals surface area contributed by atoms with Crippen LogP contribution in [0.5, 0.6) is 0 Å². The Bertz CT molecular complexity index is 957. The molecule has 0 bridgehead atoms. The Balaban J connectivity index is 1.33. The molecule has 1 aliphatic rings. The minimum absolute atomic E-state index is 0.0168. The second-order valence-corrected chi connectivity index (χ2v) is 9.39. The summed E-state index contributed by atoms with van der Waals surface area (Å²) in [5, 5.41) is 2.95. The van der Waals surface area contributed by atoms with E-state index in [0.29, 0.717) is 19.4 Å². The fraction of sp³-hybridized carbons (Fsp3) is 0.409. The number of benzene rings is 2. The van der Waals surface area contributed by atoms with Crippen LogP contribution in [0.15, 0.2) is 53.4 Å². The fourth-order valence-electron chi connectivity index (χ4n) is 3.53. The molecule has 0 atom stereocenters. The lowest BCUT2D eigenvalue weighted by Gasteiger charge is -2.36. The molecule has 2 aromatic carbocycles. The molecular weight excluding hydrogens is 419 g/mol. The summed E-state index contributed by atoms with van der Waals surface area (Å²) < 4.78 is 38.8. The number of hydrogen-bond donors (Lipinski definition) is 2. The number of piperazine rings is 1. The molecule has 0 saturated carbocycles. The number of carbonyl (C=O) groups excluding carboxylic acids is 1. The summed E-state index contributed by atoms with van der Waals surface area (Å²) in [4.78, 5) is 16.9. The number of amides is 1. The van der Waals surface area contributed by atoms with Crippen molar-refractivity contribution < 1.29 is 17.6 Å². The lowest BCUT2D eigenvalue weighted by Crippen LogP contribution is -2.48. The van der Waals surface area contributed by atoms with Crippen molar-refractivity contribution in [2.45, 2.75) is 17.7 Å². The van der Waals surface area contributed by atoms with Gasteiger partial charge in [0.25, 0.3) is 0 Å². The van der Waals surface area contributed by atoms with Crippen molar-refractivity contribution in [3.8, 4) is 0 Å². The number of halogens is 1. The molecule has 3 rings (SSSR count). The van der Waals surface area contributed by atoms with E-state index in [4.69, 9.17) is 0 Å². The Kier molecular flexibility index (Phi) is 8.00. The van der Waals surface area contributed by atoms with Crippen LogP contribution < -0.4 is 14.9 Å². The highest BCUT2D eigenvalue weighted by Gasteiger charge is 2.17. The first-order valence-corrected chi connectivity index (χ1v) is 11.9. The van der Waals surface area contributed by atoms with Crippen molar-refractivity contribution in [1.29, 1.82) is 0 Å². The van der Waals surface area contributed by atoms with E-state index in [0.717, 1.165) is 44.0 Å². The maximum atomic E-state index is 13.1. The van der Waals surface area contributed by atoms with Gasteiger partial charge in [-0.05, 0) is 55.4 Å². The van der Waals surface area contributed by atoms with Gasteiger partial charge in [-0.25, -0.2) is 17.5 Å². The van der Waals surface area contributed by atoms with E-state index in [2.05, 4.69) is 19.8 Å². The number of nitrogens with one attached hydrogen (secondary N) is 2. The zero-order valence-electron chi connectivity index (χ0n) is 17.7. The van der Waals surface area contributed by atoms with Crippen molar-refractivity contribution >= 4 is 21.6 Å². The standard InChI is InChI=1S/C22H29FN4O3S/c1-24-31(29,30)21-9-2-18(3-10-21)4-11-22(28)25-12-13-26-14-16-27(17-15-26)20-7-5-19(23)6-8-20/h2-3,5-10,24H,4,11-17H2,1H3,(H,25,28). The van der Waals surface area contributed by atoms with Gasteiger partial charge in [0.1, 0.15) is 5.82 Å². The maximum Gasteiger partial charge on any atom is 0.240 e. The molecule has 0 aliphatic carbocycles. The van der Waals surface area contributed by atoms with Crippen LogP contribution in [-0.4, -0.2) is 65.5 Å². The van der Waals surface area contributed by atoms with Crippen LogP contribution in [0, 0.1) is 5.82 Å². The van der Waals surface area contributed by atoms with Gasteiger partial charge in [0.2, 0.25) is 15.9 Å². The van der Waals surface area contributed by atoms with E-state index in [1.807, 2.05) is 0 Å². The molecule has 1 aliphatic heterocycles. The Hall–Kier alpha value is -2.49. The average Bonchev–Trinajstić information content (AvgIpc) is 2.79. The van der Waals surface area contributed by atoms with Gasteiger partial charge in [-0.2, -0.15) is 0 Å². The summed E-state index contributed by atoms with van der Waals surface area (Å²) in [6, 6.07) is 13.1. The van der Waals surface area contributed by atoms with Crippen LogP contribution in [0.2, 0.25) is 0 Å². The molecule has 0 radical (unpaired) electrons. The maximum absolute atomic E-state index is 13.1. The third kappa shape index (κ3) is 6.75. The zero-order valence-corrected chi connectivity index (χ0v) is 18.5. The molecular formula is C22H29FN4O3S. The third-order valence-electron chi connectivity index (χ3n) is 5.46. The van der Waals surface area contributed by atoms with Crippen LogP contribution >= 0.6 is 0 Å². The SMILES string of the molecule is CNS(=O)(=O)c1ccc(CCC(=O)NCCN2CCN(c3ccc(F)cc3)CC2)cc1. The first kappa shape index (κ1) is 23.2. The molecule has 1 heterocycles. The van der Waals surface area contributed by atoms with Crippen LogP contribution in [0.25, 0.3) is 0 Å². The third-order valence-corrected chi connectivity index (χ3v) is 6.89. The molecule has 7 nitrogen and oxygen atoms in total. The molecule has 2 N–H and O–H groups in total. The molecule has 0 spiro atoms. The van der Waals surface area contributed by atoms with Crippen molar-refractivity contribution in [3.63, 3.8) is 0 Å². The number of carbonyl (C=O) groups is 1. The van der Waals surface area contributed by atoms with Gasteiger partial charge in [0.05, 0.1) is 4.90 Å². The van der Waals surface area contributed by atoms with Gasteiger partial charge < -0.3 is 10.2 Å². The van der Waals surface area contributed by atoms with Crippen molar-refractivity contribution in [2.24, 2.45) is 0 Å². The predicted octanol–water partition coefficient (Wildman–Crippen LogP) is 1.60. The number of anilines is 1. The van der Waals surface area contributed by atoms with Crippen LogP contribution in [0.4, 0.5) is 10.1 Å². The molecule has 9 heteroatoms. The minimum atomic E-state index is -3.44. The molecule has 2 aromatic rings. The highest BCUT2D eigenvalue weighted by atomic mass is 32.2. The van der Waals surface area contributed by atoms with Crippen LogP contribution in [0.1, 0.15) is 12.0 Å². The summed E-state index contributed by atoms with van der Waals surface area (Å²) >= 11 is 0. The quantitative estimate of drug-likeness (QED) is 0.609. The summed E-state index contributed by atoms with van der Waals surface area (Å²) in [6.07, 6.45) is 0.915. The van der Waals surface area contributed by atoms with E-state index >= 15 is 0 Å². The average molecular weight is 449 g/mol. The lowest BCUT2D eigenvalue weighted by atomic mass is 10.1. The lowest BCUT2D eigenvalue weighted by molar-refractivity contribution is -0.121. The summed E-state index contributed by atoms with van der Waals surface area (Å²) in [7, 11) is -2.07. The van der Waals surface area contributed by atoms with Crippen LogP contribution in [0.3, 0.4) is 0 Å². The Morgan fingerprint density at radius 3 is 2.26 bits per heavy atom. The molecule has 31 heavy (non-hydrogen) atoms. The zero-order chi connectivity index (χ0) is 22.3. The van der Waals surface area contributed by atoms with Crippen molar-refractivity contribution in [1.82, 2.24) is 14.9 Å². The monoisotopic (exact) mass is 448 g/mol. The number of rotatable bonds is 9. The number of aryl methyl sites for hydroxylation is 1. The smallest absolute Gasteiger partial charge is 0.240 e. The predicted molar refractivity (Wildman–Crippen MR) is 119 cm³/mol. The van der Waals surface area contributed by atoms with E-state index < -0.39 is 10.0 Å². The Labute approximate surface area is 183 Å². The molecule has 0 unspecified atom stereocenters. The van der Waals surface area contributed by atoms with E-state index in [1.54, 1.807) is 36.4 Å². The first-order valence-electron chi connectivity index (χ1n) is 10.4. The first-order chi connectivity index (χ1) is 14.9. The molecule has 1 saturated heterocycles. The van der Waals surface area contributed by atoms with E-state index in [1.165, 1.54) is 19.2 Å². The fourth-order valence-corrected chi connectivity index (χ4v) is 4.26. The normalized spacial score (nSPS) is 15.1. The summed E-state index contributed by atoms with van der Waals surface area (Å²) in [6.45, 7) is 4.93. The van der Waals surface area contributed by atoms with Gasteiger partial charge in [0, 0.05) is 51.4 Å². The Morgan fingerprint density at radius 1 is 1.00 bits per heavy atom. The van der Waals surface area contributed by atoms with Gasteiger partial charge >= 0.3 is 0 Å². The molecule has 168 valence electrons. The number of nitrogens with zero attached hydrogens (tertiary/aromatic N) is 2. The minimum Gasteiger partial charge on any atom is -0.369 e. The second kappa shape index (κ2) is 10.7. The molecule has 1 amide bonds. The van der Waals surface area contributed by atoms with Gasteiger partial charge in [-0.1, -0.05) is 12.1 Å². The number of sulfonamides is 1. The van der Waals surface area contributed by atoms with Crippen molar-refractivity contribution in [2.75, 3.05) is 51.2 Å². The van der Waals surface area contributed by atoms with Gasteiger partial charge in [-0.15, -0.1) is 0 Å². The highest BCUT2D eigenvalue weighted by molar-refractivity contribution is 7.89.